The third kappa shape index (κ3) is 15.9. The number of rotatable bonds is 6. The second kappa shape index (κ2) is 11.3. The van der Waals surface area contributed by atoms with Gasteiger partial charge in [-0.2, -0.15) is 0 Å². The second-order valence-corrected chi connectivity index (χ2v) is 3.65. The van der Waals surface area contributed by atoms with E-state index >= 15 is 0 Å². The van der Waals surface area contributed by atoms with Gasteiger partial charge in [0.05, 0.1) is 0 Å². The van der Waals surface area contributed by atoms with Crippen LogP contribution in [0.4, 0.5) is 0 Å². The van der Waals surface area contributed by atoms with Crippen LogP contribution in [0, 0.1) is 0 Å². The van der Waals surface area contributed by atoms with E-state index in [4.69, 9.17) is 25.2 Å². The van der Waals surface area contributed by atoms with Crippen LogP contribution in [0.3, 0.4) is 0 Å². The average Bonchev–Trinajstić information content (AvgIpc) is 2.18. The van der Waals surface area contributed by atoms with Crippen molar-refractivity contribution in [1.82, 2.24) is 0 Å². The van der Waals surface area contributed by atoms with Crippen LogP contribution in [-0.2, 0) is 9.59 Å². The summed E-state index contributed by atoms with van der Waals surface area (Å²) in [4.78, 5) is 19.1. The zero-order valence-corrected chi connectivity index (χ0v) is 9.24. The number of thioether (sulfide) groups is 1. The van der Waals surface area contributed by atoms with E-state index in [1.807, 2.05) is 6.92 Å². The third-order valence-corrected chi connectivity index (χ3v) is 2.16. The standard InChI is InChI=1S/C6H12O3S.C2H4O3/c1-2-3-4-10-6(9)5(7)8;3-1-2(4)5/h6,9H,2-4H2,1H3,(H,7,8);3H,1H2,(H,4,5). The Labute approximate surface area is 91.9 Å². The molecule has 0 heterocycles. The van der Waals surface area contributed by atoms with Crippen molar-refractivity contribution in [3.8, 4) is 0 Å². The zero-order chi connectivity index (χ0) is 12.3. The zero-order valence-electron chi connectivity index (χ0n) is 8.42. The molecule has 6 nitrogen and oxygen atoms in total. The van der Waals surface area contributed by atoms with E-state index in [2.05, 4.69) is 0 Å². The second-order valence-electron chi connectivity index (χ2n) is 2.47. The Morgan fingerprint density at radius 2 is 1.80 bits per heavy atom. The lowest BCUT2D eigenvalue weighted by molar-refractivity contribution is -0.142. The van der Waals surface area contributed by atoms with E-state index in [-0.39, 0.29) is 0 Å². The Morgan fingerprint density at radius 1 is 1.33 bits per heavy atom. The largest absolute Gasteiger partial charge is 0.480 e. The van der Waals surface area contributed by atoms with Crippen molar-refractivity contribution in [3.05, 3.63) is 0 Å². The van der Waals surface area contributed by atoms with E-state index in [0.717, 1.165) is 24.6 Å². The maximum absolute atomic E-state index is 10.0. The maximum Gasteiger partial charge on any atom is 0.343 e. The summed E-state index contributed by atoms with van der Waals surface area (Å²) < 4.78 is 0. The van der Waals surface area contributed by atoms with Crippen LogP contribution in [0.15, 0.2) is 0 Å². The Morgan fingerprint density at radius 3 is 2.07 bits per heavy atom. The molecule has 0 rings (SSSR count). The normalized spacial score (nSPS) is 11.1. The lowest BCUT2D eigenvalue weighted by Gasteiger charge is -2.02. The average molecular weight is 240 g/mol. The highest BCUT2D eigenvalue weighted by Crippen LogP contribution is 2.09. The van der Waals surface area contributed by atoms with Gasteiger partial charge in [-0.05, 0) is 12.2 Å². The molecule has 0 aromatic heterocycles. The van der Waals surface area contributed by atoms with Gasteiger partial charge in [0, 0.05) is 0 Å². The van der Waals surface area contributed by atoms with Gasteiger partial charge < -0.3 is 20.4 Å². The van der Waals surface area contributed by atoms with Gasteiger partial charge in [0.15, 0.2) is 5.44 Å². The van der Waals surface area contributed by atoms with Gasteiger partial charge in [0.25, 0.3) is 0 Å². The van der Waals surface area contributed by atoms with E-state index in [0.29, 0.717) is 5.75 Å². The molecule has 0 fully saturated rings. The summed E-state index contributed by atoms with van der Waals surface area (Å²) in [6, 6.07) is 0. The minimum absolute atomic E-state index is 0.712. The molecule has 0 radical (unpaired) electrons. The molecule has 0 aromatic rings. The highest BCUT2D eigenvalue weighted by atomic mass is 32.2. The molecule has 90 valence electrons. The predicted molar refractivity (Wildman–Crippen MR) is 55.7 cm³/mol. The molecule has 0 saturated heterocycles. The Balaban J connectivity index is 0. The van der Waals surface area contributed by atoms with Gasteiger partial charge in [0.2, 0.25) is 0 Å². The van der Waals surface area contributed by atoms with Crippen molar-refractivity contribution in [2.75, 3.05) is 12.4 Å². The van der Waals surface area contributed by atoms with Crippen LogP contribution in [0.1, 0.15) is 19.8 Å². The smallest absolute Gasteiger partial charge is 0.343 e. The van der Waals surface area contributed by atoms with Gasteiger partial charge in [0.1, 0.15) is 6.61 Å². The SMILES string of the molecule is CCCCSC(O)C(=O)O.O=C(O)CO. The first-order chi connectivity index (χ1) is 6.95. The van der Waals surface area contributed by atoms with Gasteiger partial charge in [-0.25, -0.2) is 9.59 Å². The third-order valence-electron chi connectivity index (χ3n) is 1.12. The van der Waals surface area contributed by atoms with Crippen LogP contribution in [0.2, 0.25) is 0 Å². The molecule has 1 unspecified atom stereocenters. The summed E-state index contributed by atoms with van der Waals surface area (Å²) in [6.07, 6.45) is 1.98. The summed E-state index contributed by atoms with van der Waals surface area (Å²) >= 11 is 1.07. The molecule has 0 aliphatic carbocycles. The number of hydrogen-bond acceptors (Lipinski definition) is 5. The Bertz CT molecular complexity index is 184. The van der Waals surface area contributed by atoms with E-state index in [1.54, 1.807) is 0 Å². The highest BCUT2D eigenvalue weighted by molar-refractivity contribution is 8.00. The van der Waals surface area contributed by atoms with Crippen molar-refractivity contribution in [1.29, 1.82) is 0 Å². The molecule has 7 heteroatoms. The number of carboxylic acid groups (broad SMARTS) is 2. The number of aliphatic hydroxyl groups is 2. The lowest BCUT2D eigenvalue weighted by atomic mass is 10.4. The fraction of sp³-hybridized carbons (Fsp3) is 0.750. The van der Waals surface area contributed by atoms with Crippen LogP contribution in [0.5, 0.6) is 0 Å². The number of hydrogen-bond donors (Lipinski definition) is 4. The van der Waals surface area contributed by atoms with Crippen molar-refractivity contribution in [2.45, 2.75) is 25.2 Å². The minimum atomic E-state index is -1.24. The summed E-state index contributed by atoms with van der Waals surface area (Å²) in [5, 5.41) is 31.9. The van der Waals surface area contributed by atoms with Crippen LogP contribution >= 0.6 is 11.8 Å². The van der Waals surface area contributed by atoms with Crippen LogP contribution < -0.4 is 0 Å². The molecule has 0 aromatic carbocycles. The van der Waals surface area contributed by atoms with E-state index < -0.39 is 24.0 Å². The van der Waals surface area contributed by atoms with Crippen LogP contribution in [0.25, 0.3) is 0 Å². The monoisotopic (exact) mass is 240 g/mol. The first-order valence-corrected chi connectivity index (χ1v) is 5.35. The first kappa shape index (κ1) is 16.6. The summed E-state index contributed by atoms with van der Waals surface area (Å²) in [5.41, 5.74) is -1.24. The van der Waals surface area contributed by atoms with Gasteiger partial charge in [-0.1, -0.05) is 13.3 Å². The quantitative estimate of drug-likeness (QED) is 0.381. The van der Waals surface area contributed by atoms with Crippen molar-refractivity contribution in [3.63, 3.8) is 0 Å². The van der Waals surface area contributed by atoms with E-state index in [9.17, 15) is 4.79 Å². The number of aliphatic carboxylic acids is 2. The predicted octanol–water partition coefficient (Wildman–Crippen LogP) is -0.0140. The van der Waals surface area contributed by atoms with Gasteiger partial charge in [-0.15, -0.1) is 11.8 Å². The van der Waals surface area contributed by atoms with E-state index in [1.165, 1.54) is 0 Å². The molecule has 0 aliphatic heterocycles. The Hall–Kier alpha value is -0.790. The summed E-state index contributed by atoms with van der Waals surface area (Å²) in [5.74, 6) is -1.63. The number of carbonyl (C=O) groups is 2. The minimum Gasteiger partial charge on any atom is -0.480 e. The molecule has 0 bridgehead atoms. The molecular formula is C8H16O6S. The number of carboxylic acids is 2. The van der Waals surface area contributed by atoms with Crippen molar-refractivity contribution < 1.29 is 30.0 Å². The Kier molecular flexibility index (Phi) is 12.5. The van der Waals surface area contributed by atoms with Crippen molar-refractivity contribution >= 4 is 23.7 Å². The molecule has 4 N–H and O–H groups in total. The molecule has 0 aliphatic rings. The fourth-order valence-corrected chi connectivity index (χ4v) is 1.23. The van der Waals surface area contributed by atoms with Crippen molar-refractivity contribution in [2.24, 2.45) is 0 Å². The molecule has 1 atom stereocenters. The highest BCUT2D eigenvalue weighted by Gasteiger charge is 2.11. The van der Waals surface area contributed by atoms with Gasteiger partial charge in [-0.3, -0.25) is 0 Å². The molecular weight excluding hydrogens is 224 g/mol. The number of unbranched alkanes of at least 4 members (excludes halogenated alkanes) is 1. The molecule has 15 heavy (non-hydrogen) atoms. The molecule has 0 amide bonds. The van der Waals surface area contributed by atoms with Crippen LogP contribution in [-0.4, -0.2) is 50.2 Å². The number of aliphatic hydroxyl groups excluding tert-OH is 2. The maximum atomic E-state index is 10.0. The van der Waals surface area contributed by atoms with Gasteiger partial charge >= 0.3 is 11.9 Å². The fourth-order valence-electron chi connectivity index (χ4n) is 0.411. The summed E-state index contributed by atoms with van der Waals surface area (Å²) in [7, 11) is 0. The lowest BCUT2D eigenvalue weighted by Crippen LogP contribution is -2.15. The first-order valence-electron chi connectivity index (χ1n) is 4.30. The topological polar surface area (TPSA) is 115 Å². The summed E-state index contributed by atoms with van der Waals surface area (Å²) in [6.45, 7) is 1.24. The molecule has 0 saturated carbocycles. The molecule has 0 spiro atoms.